The van der Waals surface area contributed by atoms with Gasteiger partial charge in [-0.3, -0.25) is 0 Å². The molecule has 118 valence electrons. The molecule has 1 aliphatic rings. The van der Waals surface area contributed by atoms with E-state index >= 15 is 0 Å². The van der Waals surface area contributed by atoms with Crippen LogP contribution in [0.4, 0.5) is 38.1 Å². The van der Waals surface area contributed by atoms with E-state index in [4.69, 9.17) is 0 Å². The van der Waals surface area contributed by atoms with Crippen LogP contribution in [0.2, 0.25) is 0 Å². The molecule has 21 heavy (non-hydrogen) atoms. The topological polar surface area (TPSA) is 41.1 Å². The van der Waals surface area contributed by atoms with Gasteiger partial charge in [-0.25, -0.2) is 4.98 Å². The van der Waals surface area contributed by atoms with Crippen LogP contribution in [-0.2, 0) is 6.18 Å². The van der Waals surface area contributed by atoms with Crippen LogP contribution in [0.25, 0.3) is 0 Å². The molecule has 2 rings (SSSR count). The van der Waals surface area contributed by atoms with Crippen molar-refractivity contribution in [1.29, 1.82) is 0 Å². The highest BCUT2D eigenvalue weighted by Crippen LogP contribution is 2.36. The summed E-state index contributed by atoms with van der Waals surface area (Å²) in [6, 6.07) is 0.109. The lowest BCUT2D eigenvalue weighted by Gasteiger charge is -2.25. The molecular formula is C11H12F6N4. The van der Waals surface area contributed by atoms with Gasteiger partial charge in [0.2, 0.25) is 5.95 Å². The summed E-state index contributed by atoms with van der Waals surface area (Å²) in [4.78, 5) is 7.79. The number of anilines is 2. The third-order valence-electron chi connectivity index (χ3n) is 2.86. The van der Waals surface area contributed by atoms with E-state index in [0.29, 0.717) is 18.9 Å². The van der Waals surface area contributed by atoms with Crippen LogP contribution in [0.15, 0.2) is 6.07 Å². The zero-order valence-corrected chi connectivity index (χ0v) is 10.9. The van der Waals surface area contributed by atoms with E-state index < -0.39 is 30.6 Å². The first-order valence-corrected chi connectivity index (χ1v) is 6.07. The van der Waals surface area contributed by atoms with Gasteiger partial charge in [0, 0.05) is 19.2 Å². The predicted molar refractivity (Wildman–Crippen MR) is 63.0 cm³/mol. The lowest BCUT2D eigenvalue weighted by molar-refractivity contribution is -0.141. The Balaban J connectivity index is 2.39. The van der Waals surface area contributed by atoms with Crippen molar-refractivity contribution in [2.45, 2.75) is 31.2 Å². The smallest absolute Gasteiger partial charge is 0.357 e. The average Bonchev–Trinajstić information content (AvgIpc) is 3.17. The SMILES string of the molecule is CNc1nc(N(CC(F)(F)F)C2CC2)cc(C(F)(F)F)n1. The first-order valence-electron chi connectivity index (χ1n) is 6.07. The molecule has 0 amide bonds. The quantitative estimate of drug-likeness (QED) is 0.867. The Morgan fingerprint density at radius 1 is 1.19 bits per heavy atom. The number of hydrogen-bond donors (Lipinski definition) is 1. The normalized spacial score (nSPS) is 16.0. The van der Waals surface area contributed by atoms with Gasteiger partial charge in [0.1, 0.15) is 12.4 Å². The molecule has 1 N–H and O–H groups in total. The standard InChI is InChI=1S/C11H12F6N4/c1-18-9-19-7(11(15,16)17)4-8(20-9)21(6-2-3-6)5-10(12,13)14/h4,6H,2-3,5H2,1H3,(H,18,19,20). The highest BCUT2D eigenvalue weighted by atomic mass is 19.4. The van der Waals surface area contributed by atoms with Crippen molar-refractivity contribution in [1.82, 2.24) is 9.97 Å². The van der Waals surface area contributed by atoms with Crippen molar-refractivity contribution in [2.75, 3.05) is 23.8 Å². The summed E-state index contributed by atoms with van der Waals surface area (Å²) in [6.45, 7) is -1.34. The van der Waals surface area contributed by atoms with Crippen molar-refractivity contribution in [3.8, 4) is 0 Å². The second-order valence-corrected chi connectivity index (χ2v) is 4.66. The van der Waals surface area contributed by atoms with Gasteiger partial charge in [-0.2, -0.15) is 31.3 Å². The number of halogens is 6. The van der Waals surface area contributed by atoms with Crippen LogP contribution in [0.1, 0.15) is 18.5 Å². The molecule has 0 bridgehead atoms. The molecule has 0 unspecified atom stereocenters. The van der Waals surface area contributed by atoms with Crippen LogP contribution < -0.4 is 10.2 Å². The fraction of sp³-hybridized carbons (Fsp3) is 0.636. The fourth-order valence-corrected chi connectivity index (χ4v) is 1.82. The van der Waals surface area contributed by atoms with Crippen LogP contribution >= 0.6 is 0 Å². The molecule has 10 heteroatoms. The average molecular weight is 314 g/mol. The summed E-state index contributed by atoms with van der Waals surface area (Å²) in [6.07, 6.45) is -8.28. The minimum absolute atomic E-state index is 0.368. The summed E-state index contributed by atoms with van der Waals surface area (Å²) in [5.74, 6) is -0.742. The van der Waals surface area contributed by atoms with Gasteiger partial charge in [0.25, 0.3) is 0 Å². The maximum atomic E-state index is 12.7. The Morgan fingerprint density at radius 2 is 1.81 bits per heavy atom. The van der Waals surface area contributed by atoms with Gasteiger partial charge in [0.05, 0.1) is 0 Å². The predicted octanol–water partition coefficient (Wildman–Crippen LogP) is 3.07. The first kappa shape index (κ1) is 15.6. The Kier molecular flexibility index (Phi) is 3.89. The van der Waals surface area contributed by atoms with Gasteiger partial charge >= 0.3 is 12.4 Å². The number of nitrogens with one attached hydrogen (secondary N) is 1. The van der Waals surface area contributed by atoms with Crippen molar-refractivity contribution in [2.24, 2.45) is 0 Å². The summed E-state index contributed by atoms with van der Waals surface area (Å²) in [5.41, 5.74) is -1.27. The minimum atomic E-state index is -4.75. The van der Waals surface area contributed by atoms with Gasteiger partial charge in [-0.05, 0) is 12.8 Å². The molecule has 1 aromatic heterocycles. The molecular weight excluding hydrogens is 302 g/mol. The van der Waals surface area contributed by atoms with Crippen LogP contribution in [-0.4, -0.2) is 35.8 Å². The van der Waals surface area contributed by atoms with E-state index in [9.17, 15) is 26.3 Å². The van der Waals surface area contributed by atoms with Gasteiger partial charge < -0.3 is 10.2 Å². The third kappa shape index (κ3) is 4.11. The van der Waals surface area contributed by atoms with Crippen LogP contribution in [0.3, 0.4) is 0 Å². The lowest BCUT2D eigenvalue weighted by atomic mass is 10.3. The number of rotatable bonds is 4. The van der Waals surface area contributed by atoms with Gasteiger partial charge in [-0.15, -0.1) is 0 Å². The Bertz CT molecular complexity index is 508. The molecule has 0 spiro atoms. The molecule has 4 nitrogen and oxygen atoms in total. The number of hydrogen-bond acceptors (Lipinski definition) is 4. The molecule has 0 radical (unpaired) electrons. The van der Waals surface area contributed by atoms with Crippen molar-refractivity contribution in [3.63, 3.8) is 0 Å². The van der Waals surface area contributed by atoms with Gasteiger partial charge in [-0.1, -0.05) is 0 Å². The first-order chi connectivity index (χ1) is 9.60. The number of alkyl halides is 6. The lowest BCUT2D eigenvalue weighted by Crippen LogP contribution is -2.37. The van der Waals surface area contributed by atoms with Crippen LogP contribution in [0, 0.1) is 0 Å². The third-order valence-corrected chi connectivity index (χ3v) is 2.86. The zero-order chi connectivity index (χ0) is 15.8. The highest BCUT2D eigenvalue weighted by molar-refractivity contribution is 5.47. The Morgan fingerprint density at radius 3 is 2.24 bits per heavy atom. The Hall–Kier alpha value is -1.74. The second kappa shape index (κ2) is 5.23. The van der Waals surface area contributed by atoms with Gasteiger partial charge in [0.15, 0.2) is 5.69 Å². The second-order valence-electron chi connectivity index (χ2n) is 4.66. The van der Waals surface area contributed by atoms with Crippen molar-refractivity contribution >= 4 is 11.8 Å². The van der Waals surface area contributed by atoms with E-state index in [1.165, 1.54) is 7.05 Å². The molecule has 1 fully saturated rings. The van der Waals surface area contributed by atoms with E-state index in [1.54, 1.807) is 0 Å². The molecule has 1 saturated carbocycles. The highest BCUT2D eigenvalue weighted by Gasteiger charge is 2.40. The molecule has 1 heterocycles. The summed E-state index contributed by atoms with van der Waals surface area (Å²) in [7, 11) is 1.30. The maximum absolute atomic E-state index is 12.7. The monoisotopic (exact) mass is 314 g/mol. The fourth-order valence-electron chi connectivity index (χ4n) is 1.82. The summed E-state index contributed by atoms with van der Waals surface area (Å²) < 4.78 is 76.0. The van der Waals surface area contributed by atoms with Crippen molar-refractivity contribution < 1.29 is 26.3 Å². The molecule has 0 aliphatic heterocycles. The van der Waals surface area contributed by atoms with Crippen LogP contribution in [0.5, 0.6) is 0 Å². The molecule has 0 aromatic carbocycles. The summed E-state index contributed by atoms with van der Waals surface area (Å²) in [5, 5.41) is 2.33. The van der Waals surface area contributed by atoms with E-state index in [0.717, 1.165) is 4.90 Å². The minimum Gasteiger partial charge on any atom is -0.357 e. The van der Waals surface area contributed by atoms with E-state index in [2.05, 4.69) is 15.3 Å². The van der Waals surface area contributed by atoms with Crippen molar-refractivity contribution in [3.05, 3.63) is 11.8 Å². The van der Waals surface area contributed by atoms with E-state index in [1.807, 2.05) is 0 Å². The Labute approximate surface area is 116 Å². The number of aromatic nitrogens is 2. The molecule has 1 aromatic rings. The summed E-state index contributed by atoms with van der Waals surface area (Å²) >= 11 is 0. The number of nitrogens with zero attached hydrogens (tertiary/aromatic N) is 3. The molecule has 1 aliphatic carbocycles. The largest absolute Gasteiger partial charge is 0.433 e. The van der Waals surface area contributed by atoms with E-state index in [-0.39, 0.29) is 11.8 Å². The molecule has 0 atom stereocenters. The zero-order valence-electron chi connectivity index (χ0n) is 10.9. The maximum Gasteiger partial charge on any atom is 0.433 e. The molecule has 0 saturated heterocycles.